The van der Waals surface area contributed by atoms with Crippen molar-refractivity contribution in [1.82, 2.24) is 19.9 Å². The average Bonchev–Trinajstić information content (AvgIpc) is 3.02. The SMILES string of the molecule is O=C(C1CCC1)N1CCN(Cc2noc(-c3cccc(Cl)c3)n2)CC1. The summed E-state index contributed by atoms with van der Waals surface area (Å²) >= 11 is 6.00. The van der Waals surface area contributed by atoms with E-state index in [1.54, 1.807) is 0 Å². The molecule has 1 saturated carbocycles. The van der Waals surface area contributed by atoms with Crippen LogP contribution in [-0.2, 0) is 11.3 Å². The third-order valence-corrected chi connectivity index (χ3v) is 5.28. The van der Waals surface area contributed by atoms with Gasteiger partial charge in [0, 0.05) is 42.7 Å². The molecule has 0 spiro atoms. The fraction of sp³-hybridized carbons (Fsp3) is 0.500. The minimum absolute atomic E-state index is 0.281. The summed E-state index contributed by atoms with van der Waals surface area (Å²) in [5.41, 5.74) is 0.821. The molecule has 0 unspecified atom stereocenters. The lowest BCUT2D eigenvalue weighted by molar-refractivity contribution is -0.140. The van der Waals surface area contributed by atoms with Crippen LogP contribution in [0.1, 0.15) is 25.1 Å². The molecule has 1 aromatic heterocycles. The molecule has 4 rings (SSSR count). The molecule has 0 N–H and O–H groups in total. The summed E-state index contributed by atoms with van der Waals surface area (Å²) in [5, 5.41) is 4.71. The largest absolute Gasteiger partial charge is 0.340 e. The van der Waals surface area contributed by atoms with Crippen molar-refractivity contribution in [1.29, 1.82) is 0 Å². The second kappa shape index (κ2) is 7.14. The number of amides is 1. The van der Waals surface area contributed by atoms with Gasteiger partial charge in [-0.2, -0.15) is 4.98 Å². The average molecular weight is 361 g/mol. The van der Waals surface area contributed by atoms with Crippen LogP contribution >= 0.6 is 11.6 Å². The molecule has 7 heteroatoms. The van der Waals surface area contributed by atoms with Crippen molar-refractivity contribution in [2.45, 2.75) is 25.8 Å². The summed E-state index contributed by atoms with van der Waals surface area (Å²) in [7, 11) is 0. The molecule has 1 amide bonds. The molecular weight excluding hydrogens is 340 g/mol. The highest BCUT2D eigenvalue weighted by Gasteiger charge is 2.31. The van der Waals surface area contributed by atoms with Crippen LogP contribution in [0.5, 0.6) is 0 Å². The van der Waals surface area contributed by atoms with Gasteiger partial charge in [0.1, 0.15) is 0 Å². The van der Waals surface area contributed by atoms with Gasteiger partial charge in [0.2, 0.25) is 5.91 Å². The lowest BCUT2D eigenvalue weighted by atomic mass is 9.84. The molecule has 1 aliphatic carbocycles. The van der Waals surface area contributed by atoms with Gasteiger partial charge in [-0.25, -0.2) is 0 Å². The van der Waals surface area contributed by atoms with Gasteiger partial charge in [-0.05, 0) is 31.0 Å². The van der Waals surface area contributed by atoms with Crippen molar-refractivity contribution < 1.29 is 9.32 Å². The Morgan fingerprint density at radius 3 is 2.72 bits per heavy atom. The Hall–Kier alpha value is -1.92. The van der Waals surface area contributed by atoms with Crippen molar-refractivity contribution in [2.24, 2.45) is 5.92 Å². The van der Waals surface area contributed by atoms with Crippen LogP contribution in [0.15, 0.2) is 28.8 Å². The van der Waals surface area contributed by atoms with Crippen molar-refractivity contribution in [3.05, 3.63) is 35.1 Å². The Bertz CT molecular complexity index is 751. The Labute approximate surface area is 151 Å². The zero-order valence-electron chi connectivity index (χ0n) is 14.0. The lowest BCUT2D eigenvalue weighted by Gasteiger charge is -2.37. The highest BCUT2D eigenvalue weighted by molar-refractivity contribution is 6.30. The number of piperazine rings is 1. The van der Waals surface area contributed by atoms with Crippen LogP contribution in [0.2, 0.25) is 5.02 Å². The lowest BCUT2D eigenvalue weighted by Crippen LogP contribution is -2.50. The first-order valence-electron chi connectivity index (χ1n) is 8.79. The van der Waals surface area contributed by atoms with Crippen molar-refractivity contribution >= 4 is 17.5 Å². The topological polar surface area (TPSA) is 62.5 Å². The van der Waals surface area contributed by atoms with Crippen LogP contribution in [-0.4, -0.2) is 52.0 Å². The molecule has 25 heavy (non-hydrogen) atoms. The first-order chi connectivity index (χ1) is 12.2. The summed E-state index contributed by atoms with van der Waals surface area (Å²) in [4.78, 5) is 21.0. The summed E-state index contributed by atoms with van der Waals surface area (Å²) in [6, 6.07) is 7.38. The smallest absolute Gasteiger partial charge is 0.258 e. The fourth-order valence-electron chi connectivity index (χ4n) is 3.30. The molecule has 2 heterocycles. The summed E-state index contributed by atoms with van der Waals surface area (Å²) in [6.07, 6.45) is 3.32. The van der Waals surface area contributed by atoms with E-state index in [9.17, 15) is 4.79 Å². The quantitative estimate of drug-likeness (QED) is 0.839. The Balaban J connectivity index is 1.32. The molecule has 132 valence electrons. The zero-order chi connectivity index (χ0) is 17.2. The predicted molar refractivity (Wildman–Crippen MR) is 93.9 cm³/mol. The normalized spacial score (nSPS) is 19.0. The second-order valence-corrected chi connectivity index (χ2v) is 7.19. The van der Waals surface area contributed by atoms with Crippen molar-refractivity contribution in [3.63, 3.8) is 0 Å². The highest BCUT2D eigenvalue weighted by atomic mass is 35.5. The predicted octanol–water partition coefficient (Wildman–Crippen LogP) is 2.83. The number of hydrogen-bond acceptors (Lipinski definition) is 5. The van der Waals surface area contributed by atoms with E-state index in [1.807, 2.05) is 29.2 Å². The maximum absolute atomic E-state index is 12.3. The number of nitrogens with zero attached hydrogens (tertiary/aromatic N) is 4. The van der Waals surface area contributed by atoms with Crippen LogP contribution in [0.4, 0.5) is 0 Å². The number of rotatable bonds is 4. The minimum Gasteiger partial charge on any atom is -0.340 e. The van der Waals surface area contributed by atoms with E-state index in [-0.39, 0.29) is 5.92 Å². The van der Waals surface area contributed by atoms with Crippen molar-refractivity contribution in [3.8, 4) is 11.5 Å². The van der Waals surface area contributed by atoms with Gasteiger partial charge in [0.05, 0.1) is 6.54 Å². The minimum atomic E-state index is 0.281. The summed E-state index contributed by atoms with van der Waals surface area (Å²) < 4.78 is 5.35. The van der Waals surface area contributed by atoms with E-state index in [2.05, 4.69) is 15.0 Å². The molecule has 2 aromatic rings. The van der Waals surface area contributed by atoms with E-state index in [0.29, 0.717) is 29.2 Å². The third kappa shape index (κ3) is 3.70. The molecular formula is C18H21ClN4O2. The first kappa shape index (κ1) is 16.5. The standard InChI is InChI=1S/C18H21ClN4O2/c19-15-6-2-5-14(11-15)17-20-16(21-25-17)12-22-7-9-23(10-8-22)18(24)13-3-1-4-13/h2,5-6,11,13H,1,3-4,7-10,12H2. The first-order valence-corrected chi connectivity index (χ1v) is 9.16. The Morgan fingerprint density at radius 1 is 1.24 bits per heavy atom. The number of halogens is 1. The van der Waals surface area contributed by atoms with Crippen LogP contribution in [0, 0.1) is 5.92 Å². The fourth-order valence-corrected chi connectivity index (χ4v) is 3.49. The third-order valence-electron chi connectivity index (χ3n) is 5.04. The van der Waals surface area contributed by atoms with Gasteiger partial charge < -0.3 is 9.42 Å². The van der Waals surface area contributed by atoms with Gasteiger partial charge >= 0.3 is 0 Å². The van der Waals surface area contributed by atoms with E-state index >= 15 is 0 Å². The molecule has 1 aromatic carbocycles. The molecule has 6 nitrogen and oxygen atoms in total. The molecule has 2 aliphatic rings. The monoisotopic (exact) mass is 360 g/mol. The van der Waals surface area contributed by atoms with Gasteiger partial charge in [-0.3, -0.25) is 9.69 Å². The van der Waals surface area contributed by atoms with Crippen molar-refractivity contribution in [2.75, 3.05) is 26.2 Å². The molecule has 0 bridgehead atoms. The number of carbonyl (C=O) groups is 1. The van der Waals surface area contributed by atoms with Gasteiger partial charge in [0.15, 0.2) is 5.82 Å². The van der Waals surface area contributed by atoms with E-state index in [4.69, 9.17) is 16.1 Å². The number of hydrogen-bond donors (Lipinski definition) is 0. The van der Waals surface area contributed by atoms with E-state index in [0.717, 1.165) is 44.6 Å². The summed E-state index contributed by atoms with van der Waals surface area (Å²) in [6.45, 7) is 3.90. The van der Waals surface area contributed by atoms with E-state index in [1.165, 1.54) is 6.42 Å². The molecule has 0 radical (unpaired) electrons. The van der Waals surface area contributed by atoms with Crippen LogP contribution < -0.4 is 0 Å². The maximum Gasteiger partial charge on any atom is 0.258 e. The second-order valence-electron chi connectivity index (χ2n) is 6.76. The zero-order valence-corrected chi connectivity index (χ0v) is 14.8. The van der Waals surface area contributed by atoms with E-state index < -0.39 is 0 Å². The number of carbonyl (C=O) groups excluding carboxylic acids is 1. The van der Waals surface area contributed by atoms with Gasteiger partial charge in [-0.15, -0.1) is 0 Å². The Morgan fingerprint density at radius 2 is 2.04 bits per heavy atom. The Kier molecular flexibility index (Phi) is 4.72. The van der Waals surface area contributed by atoms with Crippen LogP contribution in [0.25, 0.3) is 11.5 Å². The molecule has 1 saturated heterocycles. The van der Waals surface area contributed by atoms with Gasteiger partial charge in [0.25, 0.3) is 5.89 Å². The molecule has 0 atom stereocenters. The van der Waals surface area contributed by atoms with Gasteiger partial charge in [-0.1, -0.05) is 29.2 Å². The number of benzene rings is 1. The number of aromatic nitrogens is 2. The highest BCUT2D eigenvalue weighted by Crippen LogP contribution is 2.28. The molecule has 2 fully saturated rings. The molecule has 1 aliphatic heterocycles. The van der Waals surface area contributed by atoms with Crippen LogP contribution in [0.3, 0.4) is 0 Å². The maximum atomic E-state index is 12.3. The summed E-state index contributed by atoms with van der Waals surface area (Å²) in [5.74, 6) is 1.77.